The molecule has 0 aliphatic heterocycles. The van der Waals surface area contributed by atoms with Gasteiger partial charge in [-0.15, -0.1) is 0 Å². The van der Waals surface area contributed by atoms with E-state index in [1.807, 2.05) is 48.5 Å². The molecule has 29 heavy (non-hydrogen) atoms. The van der Waals surface area contributed by atoms with Crippen molar-refractivity contribution < 1.29 is 14.6 Å². The van der Waals surface area contributed by atoms with Crippen LogP contribution in [0.1, 0.15) is 11.1 Å². The van der Waals surface area contributed by atoms with Crippen molar-refractivity contribution in [2.24, 2.45) is 0 Å². The number of methoxy groups -OCH3 is 1. The van der Waals surface area contributed by atoms with E-state index in [-0.39, 0.29) is 6.61 Å². The van der Waals surface area contributed by atoms with E-state index in [0.717, 1.165) is 19.5 Å². The number of para-hydroxylation sites is 2. The number of nitrogens with zero attached hydrogens (tertiary/aromatic N) is 1. The summed E-state index contributed by atoms with van der Waals surface area (Å²) in [6.07, 6.45) is 0.340. The number of aliphatic hydroxyl groups is 1. The molecule has 4 nitrogen and oxygen atoms in total. The van der Waals surface area contributed by atoms with E-state index >= 15 is 0 Å². The van der Waals surface area contributed by atoms with Crippen LogP contribution in [0.5, 0.6) is 11.5 Å². The van der Waals surface area contributed by atoms with Gasteiger partial charge in [-0.05, 0) is 29.7 Å². The minimum atomic E-state index is -0.598. The lowest BCUT2D eigenvalue weighted by molar-refractivity contribution is 0.0650. The Hall–Kier alpha value is -2.82. The lowest BCUT2D eigenvalue weighted by atomic mass is 10.1. The third-order valence-electron chi connectivity index (χ3n) is 4.78. The highest BCUT2D eigenvalue weighted by Crippen LogP contribution is 2.25. The highest BCUT2D eigenvalue weighted by molar-refractivity contribution is 5.39. The Morgan fingerprint density at radius 2 is 1.38 bits per heavy atom. The third kappa shape index (κ3) is 6.93. The van der Waals surface area contributed by atoms with Crippen LogP contribution in [0.2, 0.25) is 0 Å². The molecular weight excluding hydrogens is 362 g/mol. The summed E-state index contributed by atoms with van der Waals surface area (Å²) in [5.41, 5.74) is 2.53. The van der Waals surface area contributed by atoms with Crippen LogP contribution in [0.15, 0.2) is 84.9 Å². The van der Waals surface area contributed by atoms with E-state index in [0.29, 0.717) is 18.0 Å². The number of ether oxygens (including phenoxy) is 2. The second kappa shape index (κ2) is 11.2. The van der Waals surface area contributed by atoms with Crippen LogP contribution < -0.4 is 9.47 Å². The molecule has 0 heterocycles. The molecule has 3 aromatic carbocycles. The van der Waals surface area contributed by atoms with Crippen LogP contribution in [0.25, 0.3) is 0 Å². The van der Waals surface area contributed by atoms with Gasteiger partial charge in [0.1, 0.15) is 12.7 Å². The average molecular weight is 392 g/mol. The summed E-state index contributed by atoms with van der Waals surface area (Å²) in [7, 11) is 1.61. The molecule has 152 valence electrons. The molecule has 4 heteroatoms. The second-order valence-corrected chi connectivity index (χ2v) is 7.07. The molecular formula is C25H29NO3. The Labute approximate surface area is 173 Å². The van der Waals surface area contributed by atoms with Crippen LogP contribution in [0.4, 0.5) is 0 Å². The second-order valence-electron chi connectivity index (χ2n) is 7.07. The molecule has 0 aliphatic rings. The third-order valence-corrected chi connectivity index (χ3v) is 4.78. The van der Waals surface area contributed by atoms with Gasteiger partial charge in [0, 0.05) is 19.6 Å². The molecule has 1 N–H and O–H groups in total. The Balaban J connectivity index is 1.58. The summed E-state index contributed by atoms with van der Waals surface area (Å²) in [6.45, 7) is 2.41. The van der Waals surface area contributed by atoms with Gasteiger partial charge in [0.05, 0.1) is 7.11 Å². The quantitative estimate of drug-likeness (QED) is 0.532. The largest absolute Gasteiger partial charge is 0.493 e. The molecule has 0 amide bonds. The number of rotatable bonds is 11. The fraction of sp³-hybridized carbons (Fsp3) is 0.280. The molecule has 0 fully saturated rings. The molecule has 0 aromatic heterocycles. The summed E-state index contributed by atoms with van der Waals surface area (Å²) in [5, 5.41) is 10.6. The van der Waals surface area contributed by atoms with Crippen molar-refractivity contribution in [2.45, 2.75) is 19.1 Å². The number of aliphatic hydroxyl groups excluding tert-OH is 1. The van der Waals surface area contributed by atoms with Gasteiger partial charge in [0.25, 0.3) is 0 Å². The SMILES string of the molecule is COc1ccccc1OC[C@H](O)CN(CCc1ccccc1)Cc1ccccc1. The van der Waals surface area contributed by atoms with Gasteiger partial charge in [-0.1, -0.05) is 72.8 Å². The van der Waals surface area contributed by atoms with Crippen molar-refractivity contribution in [1.29, 1.82) is 0 Å². The Bertz CT molecular complexity index is 839. The van der Waals surface area contributed by atoms with Gasteiger partial charge in [0.2, 0.25) is 0 Å². The topological polar surface area (TPSA) is 41.9 Å². The van der Waals surface area contributed by atoms with Gasteiger partial charge in [0.15, 0.2) is 11.5 Å². The van der Waals surface area contributed by atoms with Crippen LogP contribution in [-0.4, -0.2) is 42.9 Å². The highest BCUT2D eigenvalue weighted by Gasteiger charge is 2.14. The van der Waals surface area contributed by atoms with Crippen LogP contribution in [-0.2, 0) is 13.0 Å². The molecule has 0 saturated heterocycles. The van der Waals surface area contributed by atoms with Crippen molar-refractivity contribution in [3.63, 3.8) is 0 Å². The minimum absolute atomic E-state index is 0.219. The summed E-state index contributed by atoms with van der Waals surface area (Å²) >= 11 is 0. The minimum Gasteiger partial charge on any atom is -0.493 e. The van der Waals surface area contributed by atoms with E-state index in [9.17, 15) is 5.11 Å². The molecule has 0 unspecified atom stereocenters. The Morgan fingerprint density at radius 3 is 2.03 bits per heavy atom. The van der Waals surface area contributed by atoms with Crippen molar-refractivity contribution in [2.75, 3.05) is 26.8 Å². The van der Waals surface area contributed by atoms with E-state index in [4.69, 9.17) is 9.47 Å². The predicted molar refractivity (Wildman–Crippen MR) is 116 cm³/mol. The fourth-order valence-corrected chi connectivity index (χ4v) is 3.28. The van der Waals surface area contributed by atoms with Crippen molar-refractivity contribution in [3.05, 3.63) is 96.1 Å². The molecule has 3 aromatic rings. The molecule has 0 bridgehead atoms. The van der Waals surface area contributed by atoms with E-state index in [1.54, 1.807) is 7.11 Å². The number of benzene rings is 3. The van der Waals surface area contributed by atoms with Gasteiger partial charge in [-0.3, -0.25) is 4.90 Å². The molecule has 3 rings (SSSR count). The van der Waals surface area contributed by atoms with E-state index in [1.165, 1.54) is 11.1 Å². The van der Waals surface area contributed by atoms with Gasteiger partial charge >= 0.3 is 0 Å². The monoisotopic (exact) mass is 391 g/mol. The van der Waals surface area contributed by atoms with Crippen LogP contribution >= 0.6 is 0 Å². The number of hydrogen-bond acceptors (Lipinski definition) is 4. The molecule has 0 spiro atoms. The van der Waals surface area contributed by atoms with Gasteiger partial charge < -0.3 is 14.6 Å². The normalized spacial score (nSPS) is 12.0. The summed E-state index contributed by atoms with van der Waals surface area (Å²) in [6, 6.07) is 28.3. The Kier molecular flexibility index (Phi) is 8.11. The maximum Gasteiger partial charge on any atom is 0.161 e. The van der Waals surface area contributed by atoms with E-state index < -0.39 is 6.10 Å². The first-order valence-corrected chi connectivity index (χ1v) is 9.98. The fourth-order valence-electron chi connectivity index (χ4n) is 3.28. The lowest BCUT2D eigenvalue weighted by Crippen LogP contribution is -2.36. The van der Waals surface area contributed by atoms with Crippen molar-refractivity contribution >= 4 is 0 Å². The Morgan fingerprint density at radius 1 is 0.793 bits per heavy atom. The zero-order chi connectivity index (χ0) is 20.3. The molecule has 1 atom stereocenters. The van der Waals surface area contributed by atoms with Crippen LogP contribution in [0.3, 0.4) is 0 Å². The summed E-state index contributed by atoms with van der Waals surface area (Å²) in [5.74, 6) is 1.32. The summed E-state index contributed by atoms with van der Waals surface area (Å²) < 4.78 is 11.1. The first-order chi connectivity index (χ1) is 14.2. The first-order valence-electron chi connectivity index (χ1n) is 9.98. The highest BCUT2D eigenvalue weighted by atomic mass is 16.5. The molecule has 0 saturated carbocycles. The van der Waals surface area contributed by atoms with Crippen LogP contribution in [0, 0.1) is 0 Å². The zero-order valence-electron chi connectivity index (χ0n) is 16.9. The lowest BCUT2D eigenvalue weighted by Gasteiger charge is -2.25. The average Bonchev–Trinajstić information content (AvgIpc) is 2.77. The summed E-state index contributed by atoms with van der Waals surface area (Å²) in [4.78, 5) is 2.28. The van der Waals surface area contributed by atoms with Gasteiger partial charge in [-0.2, -0.15) is 0 Å². The zero-order valence-corrected chi connectivity index (χ0v) is 16.9. The maximum atomic E-state index is 10.6. The number of hydrogen-bond donors (Lipinski definition) is 1. The smallest absolute Gasteiger partial charge is 0.161 e. The van der Waals surface area contributed by atoms with E-state index in [2.05, 4.69) is 41.3 Å². The van der Waals surface area contributed by atoms with Gasteiger partial charge in [-0.25, -0.2) is 0 Å². The first kappa shape index (κ1) is 20.9. The standard InChI is InChI=1S/C25H29NO3/c1-28-24-14-8-9-15-25(24)29-20-23(27)19-26(18-22-12-6-3-7-13-22)17-16-21-10-4-2-5-11-21/h2-15,23,27H,16-20H2,1H3/t23-/m1/s1. The molecule has 0 radical (unpaired) electrons. The van der Waals surface area contributed by atoms with Crippen molar-refractivity contribution in [3.8, 4) is 11.5 Å². The van der Waals surface area contributed by atoms with Crippen molar-refractivity contribution in [1.82, 2.24) is 4.90 Å². The predicted octanol–water partition coefficient (Wildman–Crippen LogP) is 4.18. The maximum absolute atomic E-state index is 10.6. The molecule has 0 aliphatic carbocycles.